The van der Waals surface area contributed by atoms with Crippen LogP contribution in [0.4, 0.5) is 0 Å². The molecule has 1 aliphatic carbocycles. The van der Waals surface area contributed by atoms with Gasteiger partial charge in [-0.05, 0) is 89.7 Å². The lowest BCUT2D eigenvalue weighted by atomic mass is 9.96. The molecule has 9 rings (SSSR count). The zero-order chi connectivity index (χ0) is 39.9. The SMILES string of the molecule is COc1cc(P2(=O)OC3=C(CCC=C3)c3ccccc32)ccc1/C=C/c1cccc(/C=C/c2cc(OC)c(P3(=O)Oc4ccccc4-c4ccccc43)cc2OC)c1. The molecule has 0 bridgehead atoms. The van der Waals surface area contributed by atoms with E-state index in [0.717, 1.165) is 62.7 Å². The molecule has 0 N–H and O–H groups in total. The van der Waals surface area contributed by atoms with E-state index in [2.05, 4.69) is 12.1 Å². The fourth-order valence-electron chi connectivity index (χ4n) is 7.88. The first-order valence-corrected chi connectivity index (χ1v) is 22.3. The molecule has 0 aromatic heterocycles. The quantitative estimate of drug-likeness (QED) is 0.106. The normalized spacial score (nSPS) is 19.1. The Kier molecular flexibility index (Phi) is 9.81. The molecule has 0 spiro atoms. The van der Waals surface area contributed by atoms with Crippen molar-refractivity contribution in [3.63, 3.8) is 0 Å². The third-order valence-electron chi connectivity index (χ3n) is 10.8. The van der Waals surface area contributed by atoms with Crippen LogP contribution >= 0.6 is 14.7 Å². The molecule has 0 radical (unpaired) electrons. The average Bonchev–Trinajstić information content (AvgIpc) is 3.27. The average molecular weight is 803 g/mol. The van der Waals surface area contributed by atoms with Gasteiger partial charge in [0.25, 0.3) is 0 Å². The van der Waals surface area contributed by atoms with Gasteiger partial charge >= 0.3 is 14.7 Å². The summed E-state index contributed by atoms with van der Waals surface area (Å²) in [6.07, 6.45) is 13.7. The smallest absolute Gasteiger partial charge is 0.311 e. The lowest BCUT2D eigenvalue weighted by Gasteiger charge is -2.31. The monoisotopic (exact) mass is 802 g/mol. The van der Waals surface area contributed by atoms with Crippen molar-refractivity contribution in [1.82, 2.24) is 0 Å². The summed E-state index contributed by atoms with van der Waals surface area (Å²) in [5, 5.41) is 2.35. The third-order valence-corrected chi connectivity index (χ3v) is 15.7. The minimum absolute atomic E-state index is 0.429. The topological polar surface area (TPSA) is 80.3 Å². The summed E-state index contributed by atoms with van der Waals surface area (Å²) in [6.45, 7) is 0. The second-order valence-corrected chi connectivity index (χ2v) is 18.7. The number of allylic oxidation sites excluding steroid dienone is 3. The second-order valence-electron chi connectivity index (χ2n) is 14.1. The van der Waals surface area contributed by atoms with Crippen molar-refractivity contribution in [2.45, 2.75) is 12.8 Å². The molecular formula is C49H40O7P2. The second kappa shape index (κ2) is 15.2. The van der Waals surface area contributed by atoms with E-state index < -0.39 is 14.7 Å². The first kappa shape index (κ1) is 37.3. The van der Waals surface area contributed by atoms with Gasteiger partial charge in [0.05, 0.1) is 42.5 Å². The molecule has 7 nitrogen and oxygen atoms in total. The number of para-hydroxylation sites is 1. The van der Waals surface area contributed by atoms with Crippen LogP contribution in [-0.2, 0) is 13.7 Å². The molecule has 58 heavy (non-hydrogen) atoms. The van der Waals surface area contributed by atoms with Crippen LogP contribution in [0.3, 0.4) is 0 Å². The Morgan fingerprint density at radius 2 is 1.17 bits per heavy atom. The van der Waals surface area contributed by atoms with Crippen LogP contribution < -0.4 is 40.0 Å². The maximum Gasteiger partial charge on any atom is 0.311 e. The minimum Gasteiger partial charge on any atom is -0.496 e. The highest BCUT2D eigenvalue weighted by atomic mass is 31.2. The Morgan fingerprint density at radius 1 is 0.534 bits per heavy atom. The maximum atomic E-state index is 15.0. The lowest BCUT2D eigenvalue weighted by molar-refractivity contribution is 0.403. The van der Waals surface area contributed by atoms with Crippen LogP contribution in [-0.4, -0.2) is 21.3 Å². The van der Waals surface area contributed by atoms with Crippen LogP contribution in [0.2, 0.25) is 0 Å². The largest absolute Gasteiger partial charge is 0.496 e. The van der Waals surface area contributed by atoms with Gasteiger partial charge in [-0.3, -0.25) is 9.13 Å². The van der Waals surface area contributed by atoms with Gasteiger partial charge in [-0.25, -0.2) is 0 Å². The summed E-state index contributed by atoms with van der Waals surface area (Å²) in [6, 6.07) is 40.5. The Balaban J connectivity index is 0.984. The number of rotatable bonds is 9. The van der Waals surface area contributed by atoms with Crippen molar-refractivity contribution < 1.29 is 32.4 Å². The van der Waals surface area contributed by atoms with Gasteiger partial charge in [-0.1, -0.05) is 109 Å². The molecule has 3 aliphatic rings. The van der Waals surface area contributed by atoms with E-state index in [9.17, 15) is 9.13 Å². The number of benzene rings is 6. The number of ether oxygens (including phenoxy) is 3. The van der Waals surface area contributed by atoms with Crippen molar-refractivity contribution in [3.05, 3.63) is 173 Å². The van der Waals surface area contributed by atoms with E-state index in [1.165, 1.54) is 0 Å². The summed E-state index contributed by atoms with van der Waals surface area (Å²) < 4.78 is 60.0. The van der Waals surface area contributed by atoms with E-state index in [-0.39, 0.29) is 0 Å². The van der Waals surface area contributed by atoms with E-state index in [0.29, 0.717) is 44.7 Å². The molecule has 2 unspecified atom stereocenters. The van der Waals surface area contributed by atoms with E-state index in [1.54, 1.807) is 27.4 Å². The molecular weight excluding hydrogens is 762 g/mol. The fraction of sp³-hybridized carbons (Fsp3) is 0.102. The summed E-state index contributed by atoms with van der Waals surface area (Å²) in [5.41, 5.74) is 7.38. The van der Waals surface area contributed by atoms with Gasteiger partial charge in [0, 0.05) is 22.3 Å². The molecule has 9 heteroatoms. The predicted octanol–water partition coefficient (Wildman–Crippen LogP) is 10.7. The molecule has 2 heterocycles. The first-order chi connectivity index (χ1) is 28.3. The number of hydrogen-bond donors (Lipinski definition) is 0. The molecule has 0 fully saturated rings. The van der Waals surface area contributed by atoms with Crippen molar-refractivity contribution in [3.8, 4) is 34.1 Å². The third kappa shape index (κ3) is 6.51. The molecule has 2 atom stereocenters. The van der Waals surface area contributed by atoms with Crippen LogP contribution in [0, 0.1) is 0 Å². The highest BCUT2D eigenvalue weighted by Crippen LogP contribution is 2.56. The standard InChI is InChI=1S/C49H40O7P2/c1-52-44-31-37(57(50)47-21-10-6-17-40(47)38-15-4-8-19-42(38)55-57)28-27-35(44)25-23-33-13-12-14-34(29-33)24-26-36-30-46(54-3)49(32-45(36)53-2)58(51)48-22-11-7-18-41(48)39-16-5-9-20-43(39)56-58/h5-14,16-32H,4,15H2,1-3H3/b25-23+,26-24+. The molecule has 6 aromatic carbocycles. The minimum atomic E-state index is -3.63. The highest BCUT2D eigenvalue weighted by Gasteiger charge is 2.41. The van der Waals surface area contributed by atoms with Gasteiger partial charge in [-0.2, -0.15) is 0 Å². The Morgan fingerprint density at radius 3 is 1.91 bits per heavy atom. The van der Waals surface area contributed by atoms with Crippen LogP contribution in [0.5, 0.6) is 23.0 Å². The molecule has 0 saturated heterocycles. The van der Waals surface area contributed by atoms with Crippen LogP contribution in [0.15, 0.2) is 145 Å². The van der Waals surface area contributed by atoms with Gasteiger partial charge in [-0.15, -0.1) is 0 Å². The van der Waals surface area contributed by atoms with Gasteiger partial charge in [0.2, 0.25) is 0 Å². The first-order valence-electron chi connectivity index (χ1n) is 19.0. The molecule has 6 aromatic rings. The predicted molar refractivity (Wildman–Crippen MR) is 236 cm³/mol. The lowest BCUT2D eigenvalue weighted by Crippen LogP contribution is -2.26. The Bertz CT molecular complexity index is 2830. The zero-order valence-corrected chi connectivity index (χ0v) is 34.0. The van der Waals surface area contributed by atoms with Crippen molar-refractivity contribution >= 4 is 65.8 Å². The van der Waals surface area contributed by atoms with Gasteiger partial charge < -0.3 is 23.3 Å². The molecule has 2 aliphatic heterocycles. The maximum absolute atomic E-state index is 15.0. The number of methoxy groups -OCH3 is 3. The summed E-state index contributed by atoms with van der Waals surface area (Å²) in [5.74, 6) is 2.81. The van der Waals surface area contributed by atoms with E-state index in [1.807, 2.05) is 146 Å². The van der Waals surface area contributed by atoms with Gasteiger partial charge in [0.1, 0.15) is 28.8 Å². The van der Waals surface area contributed by atoms with E-state index in [4.69, 9.17) is 23.3 Å². The fourth-order valence-corrected chi connectivity index (χ4v) is 12.6. The summed E-state index contributed by atoms with van der Waals surface area (Å²) in [4.78, 5) is 0. The van der Waals surface area contributed by atoms with E-state index >= 15 is 0 Å². The molecule has 0 saturated carbocycles. The highest BCUT2D eigenvalue weighted by molar-refractivity contribution is 7.75. The van der Waals surface area contributed by atoms with Crippen molar-refractivity contribution in [2.24, 2.45) is 0 Å². The van der Waals surface area contributed by atoms with Crippen molar-refractivity contribution in [1.29, 1.82) is 0 Å². The van der Waals surface area contributed by atoms with Crippen LogP contribution in [0.1, 0.15) is 40.7 Å². The number of fused-ring (bicyclic) bond motifs is 5. The Labute approximate surface area is 338 Å². The zero-order valence-electron chi connectivity index (χ0n) is 32.3. The summed E-state index contributed by atoms with van der Waals surface area (Å²) in [7, 11) is -2.28. The van der Waals surface area contributed by atoms with Crippen molar-refractivity contribution in [2.75, 3.05) is 21.3 Å². The Hall–Kier alpha value is -6.26. The molecule has 0 amide bonds. The molecule has 288 valence electrons. The van der Waals surface area contributed by atoms with Crippen LogP contribution in [0.25, 0.3) is 41.0 Å². The van der Waals surface area contributed by atoms with Gasteiger partial charge in [0.15, 0.2) is 0 Å². The number of hydrogen-bond acceptors (Lipinski definition) is 7. The summed E-state index contributed by atoms with van der Waals surface area (Å²) >= 11 is 0.